The van der Waals surface area contributed by atoms with Crippen LogP contribution in [0.2, 0.25) is 0 Å². The Labute approximate surface area is 98.7 Å². The molecule has 1 aromatic carbocycles. The number of nitrogens with one attached hydrogen (secondary N) is 1. The van der Waals surface area contributed by atoms with Gasteiger partial charge in [0.1, 0.15) is 5.04 Å². The van der Waals surface area contributed by atoms with Gasteiger partial charge in [-0.15, -0.1) is 0 Å². The van der Waals surface area contributed by atoms with E-state index in [9.17, 15) is 4.79 Å². The summed E-state index contributed by atoms with van der Waals surface area (Å²) in [4.78, 5) is 12.3. The van der Waals surface area contributed by atoms with E-state index >= 15 is 0 Å². The first-order valence-corrected chi connectivity index (χ1v) is 5.67. The summed E-state index contributed by atoms with van der Waals surface area (Å²) in [6.45, 7) is 1.70. The Kier molecular flexibility index (Phi) is 4.85. The fourth-order valence-corrected chi connectivity index (χ4v) is 1.99. The van der Waals surface area contributed by atoms with E-state index in [2.05, 4.69) is 10.5 Å². The molecule has 0 saturated carbocycles. The fourth-order valence-electron chi connectivity index (χ4n) is 1.13. The largest absolute Gasteiger partial charge is 0.410 e. The zero-order valence-corrected chi connectivity index (χ0v) is 9.99. The van der Waals surface area contributed by atoms with Crippen LogP contribution in [0, 0.1) is 5.92 Å². The smallest absolute Gasteiger partial charge is 0.229 e. The standard InChI is InChI=1S/C11H14N2O2S/c1-8(10(14)12-2)11(13-15)16-9-6-4-3-5-7-9/h3-8,15H,1-2H3,(H,12,14). The van der Waals surface area contributed by atoms with Crippen LogP contribution >= 0.6 is 11.8 Å². The topological polar surface area (TPSA) is 61.7 Å². The number of hydrogen-bond acceptors (Lipinski definition) is 4. The van der Waals surface area contributed by atoms with Crippen molar-refractivity contribution in [1.29, 1.82) is 0 Å². The second kappa shape index (κ2) is 6.17. The molecule has 1 unspecified atom stereocenters. The lowest BCUT2D eigenvalue weighted by Crippen LogP contribution is -2.29. The number of rotatable bonds is 3. The highest BCUT2D eigenvalue weighted by molar-refractivity contribution is 8.14. The van der Waals surface area contributed by atoms with Gasteiger partial charge in [0.2, 0.25) is 5.91 Å². The zero-order valence-electron chi connectivity index (χ0n) is 9.18. The van der Waals surface area contributed by atoms with Crippen LogP contribution in [0.4, 0.5) is 0 Å². The molecule has 5 heteroatoms. The second-order valence-electron chi connectivity index (χ2n) is 3.19. The Balaban J connectivity index is 2.74. The molecule has 1 rings (SSSR count). The summed E-state index contributed by atoms with van der Waals surface area (Å²) in [7, 11) is 1.56. The summed E-state index contributed by atoms with van der Waals surface area (Å²) in [5.74, 6) is -0.628. The number of carbonyl (C=O) groups is 1. The fraction of sp³-hybridized carbons (Fsp3) is 0.273. The molecule has 0 aliphatic heterocycles. The molecule has 1 atom stereocenters. The summed E-state index contributed by atoms with van der Waals surface area (Å²) in [6, 6.07) is 9.48. The third-order valence-corrected chi connectivity index (χ3v) is 3.23. The Morgan fingerprint density at radius 3 is 2.56 bits per heavy atom. The molecule has 0 saturated heterocycles. The van der Waals surface area contributed by atoms with E-state index in [1.807, 2.05) is 30.3 Å². The van der Waals surface area contributed by atoms with E-state index in [4.69, 9.17) is 5.21 Å². The lowest BCUT2D eigenvalue weighted by Gasteiger charge is -2.10. The van der Waals surface area contributed by atoms with Gasteiger partial charge in [0, 0.05) is 11.9 Å². The van der Waals surface area contributed by atoms with Gasteiger partial charge >= 0.3 is 0 Å². The van der Waals surface area contributed by atoms with Crippen LogP contribution in [0.25, 0.3) is 0 Å². The Morgan fingerprint density at radius 1 is 1.44 bits per heavy atom. The maximum Gasteiger partial charge on any atom is 0.229 e. The first-order chi connectivity index (χ1) is 7.69. The maximum atomic E-state index is 11.4. The summed E-state index contributed by atoms with van der Waals surface area (Å²) >= 11 is 1.28. The van der Waals surface area contributed by atoms with E-state index in [1.54, 1.807) is 14.0 Å². The summed E-state index contributed by atoms with van der Waals surface area (Å²) in [6.07, 6.45) is 0. The van der Waals surface area contributed by atoms with E-state index in [0.29, 0.717) is 5.04 Å². The second-order valence-corrected chi connectivity index (χ2v) is 4.28. The summed E-state index contributed by atoms with van der Waals surface area (Å²) < 4.78 is 0. The number of carbonyl (C=O) groups excluding carboxylic acids is 1. The molecule has 0 heterocycles. The number of thioether (sulfide) groups is 1. The van der Waals surface area contributed by atoms with Crippen molar-refractivity contribution in [3.63, 3.8) is 0 Å². The predicted octanol–water partition coefficient (Wildman–Crippen LogP) is 1.95. The summed E-state index contributed by atoms with van der Waals surface area (Å²) in [5.41, 5.74) is 0. The monoisotopic (exact) mass is 238 g/mol. The van der Waals surface area contributed by atoms with Crippen molar-refractivity contribution in [2.75, 3.05) is 7.05 Å². The van der Waals surface area contributed by atoms with Crippen LogP contribution < -0.4 is 5.32 Å². The van der Waals surface area contributed by atoms with Crippen LogP contribution in [-0.4, -0.2) is 23.2 Å². The van der Waals surface area contributed by atoms with Gasteiger partial charge in [-0.25, -0.2) is 0 Å². The molecule has 86 valence electrons. The van der Waals surface area contributed by atoms with Gasteiger partial charge in [0.05, 0.1) is 5.92 Å². The van der Waals surface area contributed by atoms with Gasteiger partial charge in [-0.1, -0.05) is 35.1 Å². The molecule has 0 bridgehead atoms. The molecule has 2 N–H and O–H groups in total. The van der Waals surface area contributed by atoms with E-state index in [1.165, 1.54) is 11.8 Å². The minimum Gasteiger partial charge on any atom is -0.410 e. The zero-order chi connectivity index (χ0) is 12.0. The van der Waals surface area contributed by atoms with Crippen LogP contribution in [0.3, 0.4) is 0 Å². The lowest BCUT2D eigenvalue weighted by molar-refractivity contribution is -0.122. The van der Waals surface area contributed by atoms with E-state index in [0.717, 1.165) is 4.90 Å². The number of benzene rings is 1. The van der Waals surface area contributed by atoms with Gasteiger partial charge in [0.25, 0.3) is 0 Å². The molecular weight excluding hydrogens is 224 g/mol. The molecule has 1 aromatic rings. The molecule has 0 aliphatic carbocycles. The van der Waals surface area contributed by atoms with Gasteiger partial charge in [0.15, 0.2) is 0 Å². The van der Waals surface area contributed by atoms with Crippen LogP contribution in [0.5, 0.6) is 0 Å². The summed E-state index contributed by atoms with van der Waals surface area (Å²) in [5, 5.41) is 15.0. The molecule has 4 nitrogen and oxygen atoms in total. The number of amides is 1. The number of oxime groups is 1. The third kappa shape index (κ3) is 3.27. The molecule has 0 aromatic heterocycles. The van der Waals surface area contributed by atoms with Crippen molar-refractivity contribution in [3.05, 3.63) is 30.3 Å². The first-order valence-electron chi connectivity index (χ1n) is 4.85. The van der Waals surface area contributed by atoms with Gasteiger partial charge in [-0.2, -0.15) is 0 Å². The molecule has 0 radical (unpaired) electrons. The normalized spacial score (nSPS) is 13.2. The van der Waals surface area contributed by atoms with Gasteiger partial charge in [-0.3, -0.25) is 4.79 Å². The van der Waals surface area contributed by atoms with E-state index in [-0.39, 0.29) is 5.91 Å². The minimum absolute atomic E-state index is 0.170. The van der Waals surface area contributed by atoms with Gasteiger partial charge < -0.3 is 10.5 Å². The maximum absolute atomic E-state index is 11.4. The SMILES string of the molecule is CNC(=O)C(C)C(=NO)Sc1ccccc1. The molecular formula is C11H14N2O2S. The molecule has 0 spiro atoms. The highest BCUT2D eigenvalue weighted by Crippen LogP contribution is 2.23. The molecule has 0 aliphatic rings. The highest BCUT2D eigenvalue weighted by atomic mass is 32.2. The van der Waals surface area contributed by atoms with Crippen LogP contribution in [-0.2, 0) is 4.79 Å². The van der Waals surface area contributed by atoms with Crippen LogP contribution in [0.1, 0.15) is 6.92 Å². The van der Waals surface area contributed by atoms with Crippen molar-refractivity contribution in [2.45, 2.75) is 11.8 Å². The molecule has 1 amide bonds. The van der Waals surface area contributed by atoms with Gasteiger partial charge in [-0.05, 0) is 19.1 Å². The number of hydrogen-bond donors (Lipinski definition) is 2. The molecule has 16 heavy (non-hydrogen) atoms. The first kappa shape index (κ1) is 12.6. The van der Waals surface area contributed by atoms with Crippen molar-refractivity contribution >= 4 is 22.7 Å². The minimum atomic E-state index is -0.458. The highest BCUT2D eigenvalue weighted by Gasteiger charge is 2.19. The van der Waals surface area contributed by atoms with Crippen molar-refractivity contribution < 1.29 is 10.0 Å². The third-order valence-electron chi connectivity index (χ3n) is 2.07. The van der Waals surface area contributed by atoms with E-state index < -0.39 is 5.92 Å². The Hall–Kier alpha value is -1.49. The Bertz CT molecular complexity index is 379. The lowest BCUT2D eigenvalue weighted by atomic mass is 10.2. The average Bonchev–Trinajstić information content (AvgIpc) is 2.35. The Morgan fingerprint density at radius 2 is 2.06 bits per heavy atom. The predicted molar refractivity (Wildman–Crippen MR) is 64.8 cm³/mol. The number of nitrogens with zero attached hydrogens (tertiary/aromatic N) is 1. The van der Waals surface area contributed by atoms with Crippen molar-refractivity contribution in [2.24, 2.45) is 11.1 Å². The van der Waals surface area contributed by atoms with Crippen LogP contribution in [0.15, 0.2) is 40.4 Å². The van der Waals surface area contributed by atoms with Crippen molar-refractivity contribution in [1.82, 2.24) is 5.32 Å². The van der Waals surface area contributed by atoms with Crippen molar-refractivity contribution in [3.8, 4) is 0 Å². The quantitative estimate of drug-likeness (QED) is 0.278. The average molecular weight is 238 g/mol. The molecule has 0 fully saturated rings.